The normalized spacial score (nSPS) is 14.8. The molecule has 4 heteroatoms. The summed E-state index contributed by atoms with van der Waals surface area (Å²) in [6, 6.07) is 7.27. The highest BCUT2D eigenvalue weighted by Gasteiger charge is 2.21. The molecule has 0 atom stereocenters. The molecule has 1 aliphatic rings. The lowest BCUT2D eigenvalue weighted by molar-refractivity contribution is 0.125. The summed E-state index contributed by atoms with van der Waals surface area (Å²) in [5.41, 5.74) is 0. The fourth-order valence-electron chi connectivity index (χ4n) is 1.19. The van der Waals surface area contributed by atoms with Gasteiger partial charge in [0, 0.05) is 17.6 Å². The second kappa shape index (κ2) is 4.00. The van der Waals surface area contributed by atoms with Crippen LogP contribution < -0.4 is 4.74 Å². The van der Waals surface area contributed by atoms with E-state index in [0.717, 1.165) is 24.0 Å². The van der Waals surface area contributed by atoms with Crippen molar-refractivity contribution in [1.82, 2.24) is 4.90 Å². The predicted molar refractivity (Wildman–Crippen MR) is 56.4 cm³/mol. The first-order chi connectivity index (χ1) is 6.75. The Morgan fingerprint density at radius 1 is 1.43 bits per heavy atom. The van der Waals surface area contributed by atoms with Crippen molar-refractivity contribution in [2.24, 2.45) is 0 Å². The van der Waals surface area contributed by atoms with Gasteiger partial charge in [-0.2, -0.15) is 0 Å². The van der Waals surface area contributed by atoms with Crippen LogP contribution in [0.5, 0.6) is 5.75 Å². The summed E-state index contributed by atoms with van der Waals surface area (Å²) in [5, 5.41) is 0. The van der Waals surface area contributed by atoms with Gasteiger partial charge in [-0.25, -0.2) is 4.79 Å². The van der Waals surface area contributed by atoms with Crippen LogP contribution in [0, 0.1) is 0 Å². The standard InChI is InChI=1S/C10H10BrNO2/c11-8-3-1-4-9(7-8)14-10(13)12-5-2-6-12/h1,3-4,7H,2,5-6H2. The number of likely N-dealkylation sites (tertiary alicyclic amines) is 1. The first-order valence-electron chi connectivity index (χ1n) is 4.48. The van der Waals surface area contributed by atoms with E-state index in [4.69, 9.17) is 4.74 Å². The molecule has 1 aliphatic heterocycles. The van der Waals surface area contributed by atoms with Gasteiger partial charge in [-0.05, 0) is 24.6 Å². The van der Waals surface area contributed by atoms with E-state index in [1.165, 1.54) is 0 Å². The van der Waals surface area contributed by atoms with Gasteiger partial charge in [0.1, 0.15) is 5.75 Å². The lowest BCUT2D eigenvalue weighted by Crippen LogP contribution is -2.43. The molecule has 3 nitrogen and oxygen atoms in total. The van der Waals surface area contributed by atoms with E-state index >= 15 is 0 Å². The molecule has 2 rings (SSSR count). The van der Waals surface area contributed by atoms with Crippen LogP contribution in [0.1, 0.15) is 6.42 Å². The van der Waals surface area contributed by atoms with Crippen LogP contribution >= 0.6 is 15.9 Å². The third-order valence-electron chi connectivity index (χ3n) is 2.12. The van der Waals surface area contributed by atoms with Crippen LogP contribution in [0.3, 0.4) is 0 Å². The van der Waals surface area contributed by atoms with Gasteiger partial charge in [0.15, 0.2) is 0 Å². The second-order valence-electron chi connectivity index (χ2n) is 3.17. The molecule has 1 saturated heterocycles. The highest BCUT2D eigenvalue weighted by molar-refractivity contribution is 9.10. The van der Waals surface area contributed by atoms with Crippen LogP contribution in [0.2, 0.25) is 0 Å². The minimum absolute atomic E-state index is 0.255. The van der Waals surface area contributed by atoms with Gasteiger partial charge in [0.05, 0.1) is 0 Å². The number of nitrogens with zero attached hydrogens (tertiary/aromatic N) is 1. The Morgan fingerprint density at radius 2 is 2.21 bits per heavy atom. The van der Waals surface area contributed by atoms with Crippen molar-refractivity contribution in [3.8, 4) is 5.75 Å². The zero-order chi connectivity index (χ0) is 9.97. The van der Waals surface area contributed by atoms with Gasteiger partial charge < -0.3 is 9.64 Å². The fraction of sp³-hybridized carbons (Fsp3) is 0.300. The van der Waals surface area contributed by atoms with Crippen LogP contribution in [0.25, 0.3) is 0 Å². The molecule has 0 aliphatic carbocycles. The first kappa shape index (κ1) is 9.52. The zero-order valence-corrected chi connectivity index (χ0v) is 9.16. The third-order valence-corrected chi connectivity index (χ3v) is 2.61. The summed E-state index contributed by atoms with van der Waals surface area (Å²) in [5.74, 6) is 0.580. The van der Waals surface area contributed by atoms with Gasteiger partial charge in [0.25, 0.3) is 0 Å². The number of carbonyl (C=O) groups excluding carboxylic acids is 1. The summed E-state index contributed by atoms with van der Waals surface area (Å²) in [6.07, 6.45) is 0.822. The number of rotatable bonds is 1. The van der Waals surface area contributed by atoms with Gasteiger partial charge in [-0.15, -0.1) is 0 Å². The van der Waals surface area contributed by atoms with E-state index in [9.17, 15) is 4.79 Å². The number of ether oxygens (including phenoxy) is 1. The average Bonchev–Trinajstić information content (AvgIpc) is 1.99. The fourth-order valence-corrected chi connectivity index (χ4v) is 1.57. The summed E-state index contributed by atoms with van der Waals surface area (Å²) in [6.45, 7) is 1.62. The van der Waals surface area contributed by atoms with Crippen molar-refractivity contribution in [2.75, 3.05) is 13.1 Å². The lowest BCUT2D eigenvalue weighted by atomic mass is 10.2. The molecule has 1 aromatic rings. The molecule has 1 heterocycles. The zero-order valence-electron chi connectivity index (χ0n) is 7.57. The van der Waals surface area contributed by atoms with E-state index in [0.29, 0.717) is 5.75 Å². The molecule has 0 N–H and O–H groups in total. The van der Waals surface area contributed by atoms with E-state index in [1.54, 1.807) is 17.0 Å². The van der Waals surface area contributed by atoms with E-state index in [2.05, 4.69) is 15.9 Å². The minimum Gasteiger partial charge on any atom is -0.410 e. The summed E-state index contributed by atoms with van der Waals surface area (Å²) < 4.78 is 6.06. The quantitative estimate of drug-likeness (QED) is 0.773. The molecule has 0 bridgehead atoms. The van der Waals surface area contributed by atoms with Crippen molar-refractivity contribution >= 4 is 22.0 Å². The van der Waals surface area contributed by atoms with E-state index < -0.39 is 0 Å². The van der Waals surface area contributed by atoms with E-state index in [-0.39, 0.29) is 6.09 Å². The molecule has 0 radical (unpaired) electrons. The summed E-state index contributed by atoms with van der Waals surface area (Å²) in [7, 11) is 0. The molecule has 0 spiro atoms. The molecule has 1 fully saturated rings. The van der Waals surface area contributed by atoms with Crippen molar-refractivity contribution in [3.63, 3.8) is 0 Å². The molecule has 1 amide bonds. The lowest BCUT2D eigenvalue weighted by Gasteiger charge is -2.29. The number of hydrogen-bond acceptors (Lipinski definition) is 2. The minimum atomic E-state index is -0.255. The number of carbonyl (C=O) groups is 1. The Morgan fingerprint density at radius 3 is 2.79 bits per heavy atom. The number of benzene rings is 1. The maximum atomic E-state index is 11.4. The summed E-state index contributed by atoms with van der Waals surface area (Å²) in [4.78, 5) is 13.1. The molecule has 14 heavy (non-hydrogen) atoms. The smallest absolute Gasteiger partial charge is 0.410 e. The number of hydrogen-bond donors (Lipinski definition) is 0. The van der Waals surface area contributed by atoms with Gasteiger partial charge in [-0.1, -0.05) is 22.0 Å². The highest BCUT2D eigenvalue weighted by Crippen LogP contribution is 2.19. The highest BCUT2D eigenvalue weighted by atomic mass is 79.9. The molecular weight excluding hydrogens is 246 g/mol. The Labute approximate surface area is 90.8 Å². The van der Waals surface area contributed by atoms with Crippen LogP contribution in [0.4, 0.5) is 4.79 Å². The number of halogens is 1. The van der Waals surface area contributed by atoms with Crippen molar-refractivity contribution in [3.05, 3.63) is 28.7 Å². The summed E-state index contributed by atoms with van der Waals surface area (Å²) >= 11 is 3.32. The topological polar surface area (TPSA) is 29.5 Å². The SMILES string of the molecule is O=C(Oc1cccc(Br)c1)N1CCC1. The number of amides is 1. The molecule has 0 aromatic heterocycles. The Hall–Kier alpha value is -1.03. The van der Waals surface area contributed by atoms with Crippen molar-refractivity contribution < 1.29 is 9.53 Å². The van der Waals surface area contributed by atoms with E-state index in [1.807, 2.05) is 12.1 Å². The molecule has 74 valence electrons. The van der Waals surface area contributed by atoms with Crippen LogP contribution in [0.15, 0.2) is 28.7 Å². The second-order valence-corrected chi connectivity index (χ2v) is 4.08. The molecule has 0 unspecified atom stereocenters. The molecule has 0 saturated carbocycles. The van der Waals surface area contributed by atoms with Gasteiger partial charge in [-0.3, -0.25) is 0 Å². The monoisotopic (exact) mass is 255 g/mol. The van der Waals surface area contributed by atoms with Crippen molar-refractivity contribution in [1.29, 1.82) is 0 Å². The maximum Gasteiger partial charge on any atom is 0.415 e. The average molecular weight is 256 g/mol. The first-order valence-corrected chi connectivity index (χ1v) is 5.27. The third kappa shape index (κ3) is 2.07. The van der Waals surface area contributed by atoms with Crippen LogP contribution in [-0.2, 0) is 0 Å². The predicted octanol–water partition coefficient (Wildman–Crippen LogP) is 2.65. The maximum absolute atomic E-state index is 11.4. The van der Waals surface area contributed by atoms with Crippen molar-refractivity contribution in [2.45, 2.75) is 6.42 Å². The largest absolute Gasteiger partial charge is 0.415 e. The van der Waals surface area contributed by atoms with Gasteiger partial charge in [0.2, 0.25) is 0 Å². The Kier molecular flexibility index (Phi) is 2.72. The van der Waals surface area contributed by atoms with Crippen LogP contribution in [-0.4, -0.2) is 24.1 Å². The molecule has 1 aromatic carbocycles. The Bertz CT molecular complexity index is 350. The molecular formula is C10H10BrNO2. The Balaban J connectivity index is 1.99. The van der Waals surface area contributed by atoms with Gasteiger partial charge >= 0.3 is 6.09 Å².